The van der Waals surface area contributed by atoms with Gasteiger partial charge in [-0.2, -0.15) is 0 Å². The van der Waals surface area contributed by atoms with Gasteiger partial charge in [0.1, 0.15) is 0 Å². The van der Waals surface area contributed by atoms with Gasteiger partial charge in [0.25, 0.3) is 0 Å². The summed E-state index contributed by atoms with van der Waals surface area (Å²) in [6.07, 6.45) is 8.23. The molecule has 0 saturated heterocycles. The zero-order valence-electron chi connectivity index (χ0n) is 11.5. The molecule has 0 spiro atoms. The molecule has 0 aliphatic heterocycles. The molecule has 1 saturated carbocycles. The molecule has 1 rings (SSSR count). The summed E-state index contributed by atoms with van der Waals surface area (Å²) in [5.41, 5.74) is 6.16. The monoisotopic (exact) mass is 242 g/mol. The molecule has 1 fully saturated rings. The largest absolute Gasteiger partial charge is 0.396 e. The molecular formula is C14H30N2O. The van der Waals surface area contributed by atoms with Crippen LogP contribution in [0.15, 0.2) is 0 Å². The van der Waals surface area contributed by atoms with Gasteiger partial charge in [-0.05, 0) is 31.6 Å². The molecule has 1 aliphatic carbocycles. The second-order valence-corrected chi connectivity index (χ2v) is 5.62. The molecule has 0 bridgehead atoms. The van der Waals surface area contributed by atoms with Crippen LogP contribution in [0, 0.1) is 5.92 Å². The maximum atomic E-state index is 9.08. The van der Waals surface area contributed by atoms with Gasteiger partial charge in [0, 0.05) is 24.7 Å². The molecule has 3 nitrogen and oxygen atoms in total. The number of aliphatic hydroxyl groups excluding tert-OH is 1. The average Bonchev–Trinajstić information content (AvgIpc) is 2.38. The van der Waals surface area contributed by atoms with Crippen LogP contribution in [0.4, 0.5) is 0 Å². The zero-order chi connectivity index (χ0) is 12.7. The lowest BCUT2D eigenvalue weighted by molar-refractivity contribution is 0.151. The summed E-state index contributed by atoms with van der Waals surface area (Å²) in [6, 6.07) is 0.416. The number of hydrogen-bond donors (Lipinski definition) is 3. The van der Waals surface area contributed by atoms with Gasteiger partial charge in [-0.3, -0.25) is 0 Å². The normalized spacial score (nSPS) is 31.4. The molecule has 3 unspecified atom stereocenters. The second-order valence-electron chi connectivity index (χ2n) is 5.62. The quantitative estimate of drug-likeness (QED) is 0.640. The maximum Gasteiger partial charge on any atom is 0.0445 e. The van der Waals surface area contributed by atoms with Crippen molar-refractivity contribution in [2.45, 2.75) is 70.4 Å². The van der Waals surface area contributed by atoms with E-state index in [-0.39, 0.29) is 12.1 Å². The van der Waals surface area contributed by atoms with E-state index in [4.69, 9.17) is 10.8 Å². The van der Waals surface area contributed by atoms with E-state index in [0.29, 0.717) is 6.04 Å². The smallest absolute Gasteiger partial charge is 0.0445 e. The third-order valence-electron chi connectivity index (χ3n) is 4.40. The topological polar surface area (TPSA) is 58.3 Å². The van der Waals surface area contributed by atoms with Gasteiger partial charge >= 0.3 is 0 Å². The molecule has 0 aromatic carbocycles. The minimum Gasteiger partial charge on any atom is -0.396 e. The second kappa shape index (κ2) is 7.34. The standard InChI is InChI=1S/C14H30N2O/c1-3-12-6-5-8-14(10-12,11-15)16-13(4-2)7-9-17/h12-13,16-17H,3-11,15H2,1-2H3. The summed E-state index contributed by atoms with van der Waals surface area (Å²) < 4.78 is 0. The Kier molecular flexibility index (Phi) is 6.45. The molecule has 0 aromatic heterocycles. The summed E-state index contributed by atoms with van der Waals surface area (Å²) in [4.78, 5) is 0. The molecule has 3 heteroatoms. The first kappa shape index (κ1) is 14.9. The van der Waals surface area contributed by atoms with E-state index in [1.165, 1.54) is 32.1 Å². The van der Waals surface area contributed by atoms with E-state index in [9.17, 15) is 0 Å². The first-order chi connectivity index (χ1) is 8.19. The van der Waals surface area contributed by atoms with Crippen molar-refractivity contribution in [1.82, 2.24) is 5.32 Å². The first-order valence-electron chi connectivity index (χ1n) is 7.28. The van der Waals surface area contributed by atoms with Gasteiger partial charge in [-0.25, -0.2) is 0 Å². The van der Waals surface area contributed by atoms with Crippen LogP contribution in [0.5, 0.6) is 0 Å². The Morgan fingerprint density at radius 3 is 2.76 bits per heavy atom. The molecule has 0 radical (unpaired) electrons. The predicted octanol–water partition coefficient (Wildman–Crippen LogP) is 2.03. The van der Waals surface area contributed by atoms with Crippen molar-refractivity contribution in [3.8, 4) is 0 Å². The van der Waals surface area contributed by atoms with E-state index in [1.54, 1.807) is 0 Å². The van der Waals surface area contributed by atoms with Crippen molar-refractivity contribution >= 4 is 0 Å². The highest BCUT2D eigenvalue weighted by atomic mass is 16.3. The van der Waals surface area contributed by atoms with Gasteiger partial charge in [-0.1, -0.05) is 33.1 Å². The van der Waals surface area contributed by atoms with Crippen LogP contribution < -0.4 is 11.1 Å². The van der Waals surface area contributed by atoms with Crippen LogP contribution in [0.3, 0.4) is 0 Å². The Bertz CT molecular complexity index is 210. The van der Waals surface area contributed by atoms with Crippen molar-refractivity contribution in [1.29, 1.82) is 0 Å². The average molecular weight is 242 g/mol. The number of nitrogens with two attached hydrogens (primary N) is 1. The molecule has 0 aromatic rings. The van der Waals surface area contributed by atoms with Gasteiger partial charge in [0.15, 0.2) is 0 Å². The van der Waals surface area contributed by atoms with Crippen LogP contribution in [-0.4, -0.2) is 29.8 Å². The van der Waals surface area contributed by atoms with Crippen molar-refractivity contribution in [3.05, 3.63) is 0 Å². The third kappa shape index (κ3) is 4.23. The fourth-order valence-electron chi connectivity index (χ4n) is 3.18. The molecule has 17 heavy (non-hydrogen) atoms. The van der Waals surface area contributed by atoms with Gasteiger partial charge in [0.05, 0.1) is 0 Å². The minimum absolute atomic E-state index is 0.134. The molecule has 4 N–H and O–H groups in total. The number of hydrogen-bond acceptors (Lipinski definition) is 3. The Balaban J connectivity index is 2.60. The lowest BCUT2D eigenvalue weighted by Gasteiger charge is -2.43. The van der Waals surface area contributed by atoms with Crippen LogP contribution in [0.2, 0.25) is 0 Å². The van der Waals surface area contributed by atoms with Crippen LogP contribution >= 0.6 is 0 Å². The fourth-order valence-corrected chi connectivity index (χ4v) is 3.18. The molecule has 0 amide bonds. The number of rotatable bonds is 7. The summed E-state index contributed by atoms with van der Waals surface area (Å²) in [5.74, 6) is 0.825. The van der Waals surface area contributed by atoms with Gasteiger partial charge in [-0.15, -0.1) is 0 Å². The highest BCUT2D eigenvalue weighted by Crippen LogP contribution is 2.34. The van der Waals surface area contributed by atoms with E-state index >= 15 is 0 Å². The first-order valence-corrected chi connectivity index (χ1v) is 7.28. The predicted molar refractivity (Wildman–Crippen MR) is 73.0 cm³/mol. The highest BCUT2D eigenvalue weighted by Gasteiger charge is 2.35. The van der Waals surface area contributed by atoms with Crippen molar-refractivity contribution < 1.29 is 5.11 Å². The molecule has 102 valence electrons. The Morgan fingerprint density at radius 1 is 1.47 bits per heavy atom. The van der Waals surface area contributed by atoms with Crippen LogP contribution in [-0.2, 0) is 0 Å². The molecule has 3 atom stereocenters. The highest BCUT2D eigenvalue weighted by molar-refractivity contribution is 4.96. The fraction of sp³-hybridized carbons (Fsp3) is 1.00. The summed E-state index contributed by atoms with van der Waals surface area (Å²) in [5, 5.41) is 12.8. The van der Waals surface area contributed by atoms with Crippen molar-refractivity contribution in [3.63, 3.8) is 0 Å². The lowest BCUT2D eigenvalue weighted by atomic mass is 9.74. The maximum absolute atomic E-state index is 9.08. The van der Waals surface area contributed by atoms with Gasteiger partial charge in [0.2, 0.25) is 0 Å². The van der Waals surface area contributed by atoms with E-state index < -0.39 is 0 Å². The number of aliphatic hydroxyl groups is 1. The summed E-state index contributed by atoms with van der Waals surface area (Å²) >= 11 is 0. The molecular weight excluding hydrogens is 212 g/mol. The summed E-state index contributed by atoms with van der Waals surface area (Å²) in [7, 11) is 0. The van der Waals surface area contributed by atoms with E-state index in [2.05, 4.69) is 19.2 Å². The SMILES string of the molecule is CCC1CCCC(CN)(NC(CC)CCO)C1. The summed E-state index contributed by atoms with van der Waals surface area (Å²) in [6.45, 7) is 5.45. The minimum atomic E-state index is 0.134. The zero-order valence-corrected chi connectivity index (χ0v) is 11.5. The van der Waals surface area contributed by atoms with Crippen molar-refractivity contribution in [2.75, 3.05) is 13.2 Å². The van der Waals surface area contributed by atoms with Crippen molar-refractivity contribution in [2.24, 2.45) is 11.7 Å². The Labute approximate surface area is 106 Å². The van der Waals surface area contributed by atoms with E-state index in [0.717, 1.165) is 25.3 Å². The lowest BCUT2D eigenvalue weighted by Crippen LogP contribution is -2.57. The Hall–Kier alpha value is -0.120. The van der Waals surface area contributed by atoms with E-state index in [1.807, 2.05) is 0 Å². The van der Waals surface area contributed by atoms with Crippen LogP contribution in [0.25, 0.3) is 0 Å². The molecule has 1 aliphatic rings. The molecule has 0 heterocycles. The third-order valence-corrected chi connectivity index (χ3v) is 4.40. The van der Waals surface area contributed by atoms with Crippen LogP contribution in [0.1, 0.15) is 58.8 Å². The number of nitrogens with one attached hydrogen (secondary N) is 1. The van der Waals surface area contributed by atoms with Gasteiger partial charge < -0.3 is 16.2 Å². The Morgan fingerprint density at radius 2 is 2.24 bits per heavy atom.